The minimum atomic E-state index is 0.556. The number of fused-ring (bicyclic) bond motifs is 1. The van der Waals surface area contributed by atoms with E-state index < -0.39 is 0 Å². The lowest BCUT2D eigenvalue weighted by Gasteiger charge is -2.19. The van der Waals surface area contributed by atoms with Gasteiger partial charge in [0.15, 0.2) is 17.2 Å². The van der Waals surface area contributed by atoms with Crippen molar-refractivity contribution in [3.8, 4) is 33.9 Å². The van der Waals surface area contributed by atoms with Gasteiger partial charge in [0.25, 0.3) is 0 Å². The molecule has 0 aliphatic carbocycles. The van der Waals surface area contributed by atoms with Gasteiger partial charge in [0, 0.05) is 11.3 Å². The number of hydrogen-bond acceptors (Lipinski definition) is 3. The molecule has 0 radical (unpaired) electrons. The molecule has 0 spiro atoms. The van der Waals surface area contributed by atoms with Crippen molar-refractivity contribution in [2.75, 3.05) is 13.2 Å². The van der Waals surface area contributed by atoms with Gasteiger partial charge < -0.3 is 9.47 Å². The molecular weight excluding hydrogens is 302 g/mol. The maximum absolute atomic E-state index is 7.20. The topological polar surface area (TPSA) is 51.5 Å². The third-order valence-corrected chi connectivity index (χ3v) is 4.03. The van der Waals surface area contributed by atoms with E-state index in [1.165, 1.54) is 0 Å². The van der Waals surface area contributed by atoms with Crippen LogP contribution in [0.5, 0.6) is 11.5 Å². The van der Waals surface area contributed by atoms with Crippen LogP contribution >= 0.6 is 0 Å². The molecule has 0 amide bonds. The zero-order chi connectivity index (χ0) is 16.5. The number of H-pyrrole nitrogens is 1. The molecule has 1 aliphatic heterocycles. The molecule has 2 aromatic carbocycles. The number of benzene rings is 2. The predicted octanol–water partition coefficient (Wildman–Crippen LogP) is 4.37. The summed E-state index contributed by atoms with van der Waals surface area (Å²) in [7, 11) is 0. The highest BCUT2D eigenvalue weighted by molar-refractivity contribution is 5.84. The number of aromatic nitrogens is 2. The van der Waals surface area contributed by atoms with Gasteiger partial charge in [0.2, 0.25) is 0 Å². The first-order valence-electron chi connectivity index (χ1n) is 7.69. The van der Waals surface area contributed by atoms with Crippen LogP contribution < -0.4 is 9.47 Å². The molecule has 2 heterocycles. The first-order chi connectivity index (χ1) is 11.8. The Bertz CT molecular complexity index is 953. The monoisotopic (exact) mass is 317 g/mol. The summed E-state index contributed by atoms with van der Waals surface area (Å²) in [5, 5.41) is 7.50. The Morgan fingerprint density at radius 1 is 1.04 bits per heavy atom. The molecule has 3 aromatic rings. The van der Waals surface area contributed by atoms with E-state index in [-0.39, 0.29) is 0 Å². The normalized spacial score (nSPS) is 12.7. The van der Waals surface area contributed by atoms with Crippen molar-refractivity contribution in [3.05, 3.63) is 59.6 Å². The van der Waals surface area contributed by atoms with Gasteiger partial charge in [0.1, 0.15) is 13.2 Å². The van der Waals surface area contributed by atoms with Crippen molar-refractivity contribution < 1.29 is 9.47 Å². The van der Waals surface area contributed by atoms with Crippen LogP contribution in [-0.2, 0) is 0 Å². The van der Waals surface area contributed by atoms with Crippen LogP contribution in [0, 0.1) is 13.5 Å². The van der Waals surface area contributed by atoms with Gasteiger partial charge in [-0.15, -0.1) is 0 Å². The summed E-state index contributed by atoms with van der Waals surface area (Å²) < 4.78 is 11.3. The molecule has 24 heavy (non-hydrogen) atoms. The Hall–Kier alpha value is -3.26. The Labute approximate surface area is 139 Å². The van der Waals surface area contributed by atoms with Gasteiger partial charge in [-0.1, -0.05) is 24.3 Å². The molecule has 0 saturated heterocycles. The standard InChI is InChI=1S/C19H15N3O2/c1-12-18(13-6-7-16-17(11-13)24-9-8-23-16)19(22-21-12)14-4-3-5-15(10-14)20-2/h3-7,10-11H,8-9H2,1H3,(H,21,22). The maximum Gasteiger partial charge on any atom is 0.187 e. The zero-order valence-electron chi connectivity index (χ0n) is 13.2. The minimum absolute atomic E-state index is 0.556. The van der Waals surface area contributed by atoms with Crippen LogP contribution in [0.15, 0.2) is 42.5 Å². The van der Waals surface area contributed by atoms with Crippen molar-refractivity contribution in [3.63, 3.8) is 0 Å². The molecule has 1 aliphatic rings. The average Bonchev–Trinajstić information content (AvgIpc) is 3.03. The number of nitrogens with zero attached hydrogens (tertiary/aromatic N) is 2. The van der Waals surface area contributed by atoms with E-state index in [9.17, 15) is 0 Å². The van der Waals surface area contributed by atoms with Crippen molar-refractivity contribution in [2.45, 2.75) is 6.92 Å². The molecule has 5 heteroatoms. The van der Waals surface area contributed by atoms with Crippen LogP contribution in [0.25, 0.3) is 27.2 Å². The zero-order valence-corrected chi connectivity index (χ0v) is 13.2. The van der Waals surface area contributed by atoms with Gasteiger partial charge >= 0.3 is 0 Å². The lowest BCUT2D eigenvalue weighted by molar-refractivity contribution is 0.171. The highest BCUT2D eigenvalue weighted by Gasteiger charge is 2.18. The Morgan fingerprint density at radius 3 is 2.71 bits per heavy atom. The maximum atomic E-state index is 7.20. The van der Waals surface area contributed by atoms with E-state index in [2.05, 4.69) is 15.0 Å². The molecule has 0 atom stereocenters. The van der Waals surface area contributed by atoms with E-state index in [1.54, 1.807) is 6.07 Å². The van der Waals surface area contributed by atoms with Crippen molar-refractivity contribution in [1.29, 1.82) is 0 Å². The second kappa shape index (κ2) is 5.74. The van der Waals surface area contributed by atoms with Crippen LogP contribution in [0.1, 0.15) is 5.69 Å². The van der Waals surface area contributed by atoms with Crippen molar-refractivity contribution >= 4 is 5.69 Å². The number of ether oxygens (including phenoxy) is 2. The molecule has 118 valence electrons. The lowest BCUT2D eigenvalue weighted by atomic mass is 9.98. The van der Waals surface area contributed by atoms with Gasteiger partial charge in [-0.25, -0.2) is 4.85 Å². The smallest absolute Gasteiger partial charge is 0.187 e. The first kappa shape index (κ1) is 14.3. The fraction of sp³-hybridized carbons (Fsp3) is 0.158. The van der Waals surface area contributed by atoms with E-state index in [1.807, 2.05) is 43.3 Å². The summed E-state index contributed by atoms with van der Waals surface area (Å²) in [6.45, 7) is 10.3. The van der Waals surface area contributed by atoms with Crippen LogP contribution in [0.4, 0.5) is 5.69 Å². The number of aryl methyl sites for hydroxylation is 1. The summed E-state index contributed by atoms with van der Waals surface area (Å²) >= 11 is 0. The van der Waals surface area contributed by atoms with Crippen LogP contribution in [-0.4, -0.2) is 23.4 Å². The van der Waals surface area contributed by atoms with Crippen LogP contribution in [0.2, 0.25) is 0 Å². The summed E-state index contributed by atoms with van der Waals surface area (Å²) in [4.78, 5) is 3.50. The third kappa shape index (κ3) is 2.38. The molecular formula is C19H15N3O2. The Balaban J connectivity index is 1.85. The van der Waals surface area contributed by atoms with Crippen LogP contribution in [0.3, 0.4) is 0 Å². The SMILES string of the molecule is [C-]#[N+]c1cccc(-c2n[nH]c(C)c2-c2ccc3c(c2)OCCO3)c1. The van der Waals surface area contributed by atoms with E-state index in [4.69, 9.17) is 16.0 Å². The minimum Gasteiger partial charge on any atom is -0.486 e. The summed E-state index contributed by atoms with van der Waals surface area (Å²) in [6.07, 6.45) is 0. The van der Waals surface area contributed by atoms with Gasteiger partial charge in [0.05, 0.1) is 12.3 Å². The average molecular weight is 317 g/mol. The van der Waals surface area contributed by atoms with E-state index >= 15 is 0 Å². The van der Waals surface area contributed by atoms with E-state index in [0.29, 0.717) is 18.9 Å². The van der Waals surface area contributed by atoms with Gasteiger partial charge in [-0.3, -0.25) is 5.10 Å². The molecule has 5 nitrogen and oxygen atoms in total. The first-order valence-corrected chi connectivity index (χ1v) is 7.69. The van der Waals surface area contributed by atoms with Crippen molar-refractivity contribution in [2.24, 2.45) is 0 Å². The summed E-state index contributed by atoms with van der Waals surface area (Å²) in [6, 6.07) is 13.4. The molecule has 4 rings (SSSR count). The van der Waals surface area contributed by atoms with Crippen molar-refractivity contribution in [1.82, 2.24) is 10.2 Å². The Morgan fingerprint density at radius 2 is 1.88 bits per heavy atom. The second-order valence-corrected chi connectivity index (χ2v) is 5.59. The summed E-state index contributed by atoms with van der Waals surface area (Å²) in [5.74, 6) is 1.52. The fourth-order valence-corrected chi connectivity index (χ4v) is 2.91. The quantitative estimate of drug-likeness (QED) is 0.714. The summed E-state index contributed by atoms with van der Waals surface area (Å²) in [5.41, 5.74) is 5.33. The molecule has 0 unspecified atom stereocenters. The number of aromatic amines is 1. The molecule has 1 aromatic heterocycles. The highest BCUT2D eigenvalue weighted by atomic mass is 16.6. The molecule has 0 saturated carbocycles. The van der Waals surface area contributed by atoms with Gasteiger partial charge in [-0.05, 0) is 36.2 Å². The number of nitrogens with one attached hydrogen (secondary N) is 1. The molecule has 1 N–H and O–H groups in total. The molecule has 0 fully saturated rings. The highest BCUT2D eigenvalue weighted by Crippen LogP contribution is 2.39. The van der Waals surface area contributed by atoms with Gasteiger partial charge in [-0.2, -0.15) is 5.10 Å². The molecule has 0 bridgehead atoms. The van der Waals surface area contributed by atoms with E-state index in [0.717, 1.165) is 39.6 Å². The fourth-order valence-electron chi connectivity index (χ4n) is 2.91. The predicted molar refractivity (Wildman–Crippen MR) is 91.4 cm³/mol. The Kier molecular flexibility index (Phi) is 3.43. The number of rotatable bonds is 2. The lowest BCUT2D eigenvalue weighted by Crippen LogP contribution is -2.15. The third-order valence-electron chi connectivity index (χ3n) is 4.03. The number of hydrogen-bond donors (Lipinski definition) is 1. The largest absolute Gasteiger partial charge is 0.486 e. The second-order valence-electron chi connectivity index (χ2n) is 5.59.